The van der Waals surface area contributed by atoms with E-state index in [2.05, 4.69) is 40.3 Å². The molecular weight excluding hydrogens is 390 g/mol. The molecule has 0 aromatic rings. The van der Waals surface area contributed by atoms with Gasteiger partial charge >= 0.3 is 153 Å². The zero-order chi connectivity index (χ0) is 4.50. The molecule has 0 spiro atoms. The Morgan fingerprint density at radius 3 is 1.00 bits per heavy atom. The molecule has 32 valence electrons. The van der Waals surface area contributed by atoms with Crippen LogP contribution >= 0.6 is 19.6 Å². The quantitative estimate of drug-likeness (QED) is 0.301. The van der Waals surface area contributed by atoms with Gasteiger partial charge in [-0.05, 0) is 0 Å². The molecule has 0 bridgehead atoms. The van der Waals surface area contributed by atoms with Crippen molar-refractivity contribution >= 4 is 40.3 Å². The van der Waals surface area contributed by atoms with Crippen molar-refractivity contribution in [2.75, 3.05) is 0 Å². The maximum atomic E-state index is 4.48. The Morgan fingerprint density at radius 1 is 1.00 bits per heavy atom. The Bertz CT molecular complexity index is 92.9. The van der Waals surface area contributed by atoms with Gasteiger partial charge in [0.15, 0.2) is 0 Å². The minimum atomic E-state index is -2.83. The molecule has 0 radical (unpaired) electrons. The van der Waals surface area contributed by atoms with Crippen molar-refractivity contribution in [3.8, 4) is 0 Å². The van der Waals surface area contributed by atoms with Crippen LogP contribution in [0.1, 0.15) is 0 Å². The van der Waals surface area contributed by atoms with Gasteiger partial charge in [-0.1, -0.05) is 0 Å². The van der Waals surface area contributed by atoms with Gasteiger partial charge in [0.2, 0.25) is 0 Å². The van der Waals surface area contributed by atoms with Crippen molar-refractivity contribution in [1.82, 2.24) is 0 Å². The van der Waals surface area contributed by atoms with Crippen LogP contribution in [-0.4, -0.2) is 0 Å². The minimum absolute atomic E-state index is 0. The molecule has 7 heavy (non-hydrogen) atoms. The molecule has 0 aromatic carbocycles. The van der Waals surface area contributed by atoms with Crippen LogP contribution in [0.4, 0.5) is 0 Å². The second-order valence-corrected chi connectivity index (χ2v) is 30.1. The normalized spacial score (nSPS) is 8.29. The van der Waals surface area contributed by atoms with Crippen molar-refractivity contribution < 1.29 is 113 Å². The van der Waals surface area contributed by atoms with E-state index in [4.69, 9.17) is 0 Å². The van der Waals surface area contributed by atoms with E-state index in [1.807, 2.05) is 0 Å². The first kappa shape index (κ1) is 18.0. The van der Waals surface area contributed by atoms with Gasteiger partial charge in [0.1, 0.15) is 0 Å². The van der Waals surface area contributed by atoms with Crippen molar-refractivity contribution in [2.45, 2.75) is 0 Å². The summed E-state index contributed by atoms with van der Waals surface area (Å²) in [5.74, 6) is 0. The summed E-state index contributed by atoms with van der Waals surface area (Å²) < 4.78 is 0. The molecule has 0 aromatic heterocycles. The SMILES string of the molecule is [K+].[K+].[S]=[W](=[S])([S-])[S-]. The Balaban J connectivity index is -0.0000000800. The predicted molar refractivity (Wildman–Crippen MR) is 29.9 cm³/mol. The third kappa shape index (κ3) is 35.3. The van der Waals surface area contributed by atoms with Crippen molar-refractivity contribution in [2.24, 2.45) is 0 Å². The van der Waals surface area contributed by atoms with E-state index in [1.165, 1.54) is 0 Å². The van der Waals surface area contributed by atoms with Crippen LogP contribution in [0.15, 0.2) is 0 Å². The Kier molecular flexibility index (Phi) is 23.6. The van der Waals surface area contributed by atoms with Crippen LogP contribution in [0.5, 0.6) is 0 Å². The summed E-state index contributed by atoms with van der Waals surface area (Å²) in [4.78, 5) is 0. The monoisotopic (exact) mass is 390 g/mol. The molecule has 0 amide bonds. The van der Waals surface area contributed by atoms with Crippen LogP contribution in [0.25, 0.3) is 0 Å². The second-order valence-electron chi connectivity index (χ2n) is 0.408. The fraction of sp³-hybridized carbons (Fsp3) is 0. The first-order valence-corrected chi connectivity index (χ1v) is 16.4. The number of hydrogen-bond acceptors (Lipinski definition) is 4. The molecule has 0 nitrogen and oxygen atoms in total. The van der Waals surface area contributed by atoms with Gasteiger partial charge in [0, 0.05) is 0 Å². The van der Waals surface area contributed by atoms with E-state index in [9.17, 15) is 0 Å². The van der Waals surface area contributed by atoms with Gasteiger partial charge in [0.25, 0.3) is 0 Å². The zero-order valence-corrected chi connectivity index (χ0v) is 16.5. The summed E-state index contributed by atoms with van der Waals surface area (Å²) >= 11 is 0. The van der Waals surface area contributed by atoms with Crippen LogP contribution in [-0.2, 0) is 30.5 Å². The maximum absolute atomic E-state index is 4.48. The average Bonchev–Trinajstić information content (AvgIpc) is 0.722. The fourth-order valence-electron chi connectivity index (χ4n) is 0. The van der Waals surface area contributed by atoms with E-state index in [0.717, 1.165) is 0 Å². The molecule has 0 rings (SSSR count). The van der Waals surface area contributed by atoms with Gasteiger partial charge in [-0.2, -0.15) is 0 Å². The molecule has 0 saturated carbocycles. The topological polar surface area (TPSA) is 0 Å². The third-order valence-corrected chi connectivity index (χ3v) is 0. The summed E-state index contributed by atoms with van der Waals surface area (Å²) in [6, 6.07) is 0. The fourth-order valence-corrected chi connectivity index (χ4v) is 0. The Labute approximate surface area is 147 Å². The second kappa shape index (κ2) is 9.19. The Hall–Kier alpha value is 5.10. The summed E-state index contributed by atoms with van der Waals surface area (Å²) in [5.41, 5.74) is 0. The van der Waals surface area contributed by atoms with E-state index < -0.39 is 9.86 Å². The van der Waals surface area contributed by atoms with Crippen LogP contribution in [0, 0.1) is 0 Å². The van der Waals surface area contributed by atoms with Crippen LogP contribution in [0.3, 0.4) is 0 Å². The summed E-state index contributed by atoms with van der Waals surface area (Å²) in [5, 5.41) is 0. The number of hydrogen-bond donors (Lipinski definition) is 0. The molecule has 0 aliphatic heterocycles. The standard InChI is InChI=1S/2K.4S.W/q2*+1;;;2*-1;. The van der Waals surface area contributed by atoms with E-state index in [-0.39, 0.29) is 103 Å². The summed E-state index contributed by atoms with van der Waals surface area (Å²) in [6.45, 7) is 0. The van der Waals surface area contributed by atoms with E-state index >= 15 is 0 Å². The molecule has 0 N–H and O–H groups in total. The summed E-state index contributed by atoms with van der Waals surface area (Å²) in [7, 11) is 15.1. The molecular formula is K2S4W. The molecule has 0 fully saturated rings. The van der Waals surface area contributed by atoms with Crippen molar-refractivity contribution in [1.29, 1.82) is 0 Å². The average molecular weight is 390 g/mol. The van der Waals surface area contributed by atoms with Gasteiger partial charge < -0.3 is 0 Å². The van der Waals surface area contributed by atoms with E-state index in [1.54, 1.807) is 0 Å². The third-order valence-electron chi connectivity index (χ3n) is 0. The van der Waals surface area contributed by atoms with Gasteiger partial charge in [-0.15, -0.1) is 0 Å². The summed E-state index contributed by atoms with van der Waals surface area (Å²) in [6.07, 6.45) is 0. The van der Waals surface area contributed by atoms with Gasteiger partial charge in [-0.25, -0.2) is 0 Å². The molecule has 0 atom stereocenters. The van der Waals surface area contributed by atoms with Crippen molar-refractivity contribution in [3.05, 3.63) is 0 Å². The van der Waals surface area contributed by atoms with Crippen LogP contribution in [0.2, 0.25) is 0 Å². The Morgan fingerprint density at radius 2 is 1.00 bits per heavy atom. The molecule has 0 aliphatic rings. The first-order valence-electron chi connectivity index (χ1n) is 0.667. The molecule has 0 unspecified atom stereocenters. The number of rotatable bonds is 0. The molecule has 0 saturated heterocycles. The van der Waals surface area contributed by atoms with Gasteiger partial charge in [0.05, 0.1) is 0 Å². The van der Waals surface area contributed by atoms with E-state index in [0.29, 0.717) is 0 Å². The van der Waals surface area contributed by atoms with Crippen molar-refractivity contribution in [3.63, 3.8) is 0 Å². The van der Waals surface area contributed by atoms with Gasteiger partial charge in [-0.3, -0.25) is 0 Å². The first-order chi connectivity index (χ1) is 2.00. The zero-order valence-electron chi connectivity index (χ0n) is 4.04. The molecule has 7 heteroatoms. The van der Waals surface area contributed by atoms with Crippen LogP contribution < -0.4 is 103 Å². The molecule has 0 heterocycles. The predicted octanol–water partition coefficient (Wildman–Crippen LogP) is -4.70. The molecule has 0 aliphatic carbocycles.